The summed E-state index contributed by atoms with van der Waals surface area (Å²) in [5.41, 5.74) is 6.06. The fraction of sp³-hybridized carbons (Fsp3) is 0.111. The predicted molar refractivity (Wildman–Crippen MR) is 53.9 cm³/mol. The highest BCUT2D eigenvalue weighted by Gasteiger charge is 1.96. The van der Waals surface area contributed by atoms with Gasteiger partial charge in [-0.25, -0.2) is 0 Å². The van der Waals surface area contributed by atoms with Gasteiger partial charge in [0.1, 0.15) is 5.75 Å². The molecule has 0 aliphatic heterocycles. The molecule has 0 fully saturated rings. The second-order valence-corrected chi connectivity index (χ2v) is 3.26. The minimum absolute atomic E-state index is 0.267. The van der Waals surface area contributed by atoms with E-state index in [0.29, 0.717) is 6.54 Å². The van der Waals surface area contributed by atoms with Crippen LogP contribution in [0.2, 0.25) is 0 Å². The maximum absolute atomic E-state index is 9.35. The van der Waals surface area contributed by atoms with Crippen LogP contribution in [0.15, 0.2) is 28.7 Å². The van der Waals surface area contributed by atoms with Crippen LogP contribution >= 0.6 is 15.9 Å². The Morgan fingerprint density at radius 1 is 1.50 bits per heavy atom. The van der Waals surface area contributed by atoms with Crippen molar-refractivity contribution >= 4 is 22.0 Å². The van der Waals surface area contributed by atoms with Gasteiger partial charge in [-0.1, -0.05) is 28.1 Å². The van der Waals surface area contributed by atoms with Crippen molar-refractivity contribution in [3.05, 3.63) is 34.3 Å². The predicted octanol–water partition coefficient (Wildman–Crippen LogP) is 2.13. The maximum Gasteiger partial charge on any atom is 0.122 e. The summed E-state index contributed by atoms with van der Waals surface area (Å²) >= 11 is 3.31. The zero-order valence-electron chi connectivity index (χ0n) is 6.50. The molecule has 0 aliphatic rings. The summed E-state index contributed by atoms with van der Waals surface area (Å²) in [4.78, 5) is 0. The maximum atomic E-state index is 9.35. The topological polar surface area (TPSA) is 46.2 Å². The summed E-state index contributed by atoms with van der Waals surface area (Å²) in [6, 6.07) is 5.26. The number of halogens is 1. The first kappa shape index (κ1) is 9.29. The summed E-state index contributed by atoms with van der Waals surface area (Å²) in [7, 11) is 0. The molecule has 0 amide bonds. The van der Waals surface area contributed by atoms with Crippen molar-refractivity contribution in [2.24, 2.45) is 5.73 Å². The number of hydrogen-bond acceptors (Lipinski definition) is 2. The standard InChI is InChI=1S/C9H10BrNO/c10-8-3-4-9(12)7(6-8)2-1-5-11/h1-4,6,12H,5,11H2. The van der Waals surface area contributed by atoms with Crippen LogP contribution in [-0.2, 0) is 0 Å². The first-order valence-electron chi connectivity index (χ1n) is 3.59. The molecule has 0 aromatic heterocycles. The summed E-state index contributed by atoms with van der Waals surface area (Å²) in [5.74, 6) is 0.267. The van der Waals surface area contributed by atoms with E-state index in [0.717, 1.165) is 10.0 Å². The van der Waals surface area contributed by atoms with Gasteiger partial charge in [0.25, 0.3) is 0 Å². The van der Waals surface area contributed by atoms with Crippen molar-refractivity contribution in [2.45, 2.75) is 0 Å². The molecule has 0 spiro atoms. The lowest BCUT2D eigenvalue weighted by atomic mass is 10.2. The van der Waals surface area contributed by atoms with Gasteiger partial charge in [-0.3, -0.25) is 0 Å². The van der Waals surface area contributed by atoms with Crippen LogP contribution in [-0.4, -0.2) is 11.7 Å². The normalized spacial score (nSPS) is 10.8. The summed E-state index contributed by atoms with van der Waals surface area (Å²) in [5, 5.41) is 9.35. The van der Waals surface area contributed by atoms with Gasteiger partial charge in [-0.05, 0) is 18.2 Å². The van der Waals surface area contributed by atoms with Crippen molar-refractivity contribution in [2.75, 3.05) is 6.54 Å². The van der Waals surface area contributed by atoms with Crippen molar-refractivity contribution < 1.29 is 5.11 Å². The van der Waals surface area contributed by atoms with E-state index in [4.69, 9.17) is 5.73 Å². The quantitative estimate of drug-likeness (QED) is 0.814. The van der Waals surface area contributed by atoms with Crippen molar-refractivity contribution in [3.8, 4) is 5.75 Å². The molecule has 64 valence electrons. The van der Waals surface area contributed by atoms with E-state index < -0.39 is 0 Å². The summed E-state index contributed by atoms with van der Waals surface area (Å²) in [6.45, 7) is 0.478. The second-order valence-electron chi connectivity index (χ2n) is 2.34. The van der Waals surface area contributed by atoms with Crippen molar-refractivity contribution in [3.63, 3.8) is 0 Å². The van der Waals surface area contributed by atoms with Gasteiger partial charge in [0.2, 0.25) is 0 Å². The van der Waals surface area contributed by atoms with Crippen LogP contribution in [0.4, 0.5) is 0 Å². The van der Waals surface area contributed by atoms with E-state index in [-0.39, 0.29) is 5.75 Å². The molecule has 1 aromatic rings. The van der Waals surface area contributed by atoms with Crippen LogP contribution in [0.3, 0.4) is 0 Å². The first-order chi connectivity index (χ1) is 5.74. The summed E-state index contributed by atoms with van der Waals surface area (Å²) in [6.07, 6.45) is 3.58. The van der Waals surface area contributed by atoms with Gasteiger partial charge in [-0.2, -0.15) is 0 Å². The molecule has 0 heterocycles. The highest BCUT2D eigenvalue weighted by Crippen LogP contribution is 2.22. The Morgan fingerprint density at radius 2 is 2.25 bits per heavy atom. The van der Waals surface area contributed by atoms with E-state index in [9.17, 15) is 5.11 Å². The van der Waals surface area contributed by atoms with Crippen LogP contribution in [0.25, 0.3) is 6.08 Å². The molecule has 0 saturated heterocycles. The molecular weight excluding hydrogens is 218 g/mol. The van der Waals surface area contributed by atoms with Gasteiger partial charge < -0.3 is 10.8 Å². The first-order valence-corrected chi connectivity index (χ1v) is 4.38. The van der Waals surface area contributed by atoms with Gasteiger partial charge >= 0.3 is 0 Å². The minimum atomic E-state index is 0.267. The SMILES string of the molecule is NCC=Cc1cc(Br)ccc1O. The fourth-order valence-electron chi connectivity index (χ4n) is 0.854. The zero-order valence-corrected chi connectivity index (χ0v) is 8.08. The Labute approximate surface area is 79.8 Å². The molecule has 0 aliphatic carbocycles. The van der Waals surface area contributed by atoms with Crippen molar-refractivity contribution in [1.29, 1.82) is 0 Å². The molecule has 0 radical (unpaired) electrons. The molecule has 1 aromatic carbocycles. The largest absolute Gasteiger partial charge is 0.507 e. The molecule has 12 heavy (non-hydrogen) atoms. The fourth-order valence-corrected chi connectivity index (χ4v) is 1.23. The molecule has 2 nitrogen and oxygen atoms in total. The van der Waals surface area contributed by atoms with Crippen LogP contribution in [0.1, 0.15) is 5.56 Å². The van der Waals surface area contributed by atoms with E-state index in [2.05, 4.69) is 15.9 Å². The third kappa shape index (κ3) is 2.36. The van der Waals surface area contributed by atoms with E-state index in [1.165, 1.54) is 0 Å². The number of nitrogens with two attached hydrogens (primary N) is 1. The molecule has 1 rings (SSSR count). The van der Waals surface area contributed by atoms with Gasteiger partial charge in [0.05, 0.1) is 0 Å². The lowest BCUT2D eigenvalue weighted by Gasteiger charge is -1.98. The number of hydrogen-bond donors (Lipinski definition) is 2. The Kier molecular flexibility index (Phi) is 3.31. The van der Waals surface area contributed by atoms with Gasteiger partial charge in [-0.15, -0.1) is 0 Å². The number of benzene rings is 1. The molecule has 3 N–H and O–H groups in total. The Bertz CT molecular complexity index is 297. The average Bonchev–Trinajstić information content (AvgIpc) is 2.07. The minimum Gasteiger partial charge on any atom is -0.507 e. The van der Waals surface area contributed by atoms with E-state index in [1.807, 2.05) is 6.07 Å². The van der Waals surface area contributed by atoms with Gasteiger partial charge in [0.15, 0.2) is 0 Å². The summed E-state index contributed by atoms with van der Waals surface area (Å²) < 4.78 is 0.942. The third-order valence-corrected chi connectivity index (χ3v) is 1.92. The number of aromatic hydroxyl groups is 1. The van der Waals surface area contributed by atoms with Gasteiger partial charge in [0, 0.05) is 16.6 Å². The van der Waals surface area contributed by atoms with E-state index >= 15 is 0 Å². The highest BCUT2D eigenvalue weighted by molar-refractivity contribution is 9.10. The van der Waals surface area contributed by atoms with Crippen LogP contribution < -0.4 is 5.73 Å². The second kappa shape index (κ2) is 4.28. The Hall–Kier alpha value is -0.800. The van der Waals surface area contributed by atoms with Crippen LogP contribution in [0, 0.1) is 0 Å². The lowest BCUT2D eigenvalue weighted by molar-refractivity contribution is 0.474. The molecule has 0 saturated carbocycles. The Balaban J connectivity index is 2.97. The number of rotatable bonds is 2. The number of phenolic OH excluding ortho intramolecular Hbond substituents is 1. The van der Waals surface area contributed by atoms with E-state index in [1.54, 1.807) is 24.3 Å². The van der Waals surface area contributed by atoms with Crippen molar-refractivity contribution in [1.82, 2.24) is 0 Å². The molecule has 0 bridgehead atoms. The lowest BCUT2D eigenvalue weighted by Crippen LogP contribution is -1.91. The Morgan fingerprint density at radius 3 is 2.92 bits per heavy atom. The average molecular weight is 228 g/mol. The number of phenols is 1. The molecule has 3 heteroatoms. The highest BCUT2D eigenvalue weighted by atomic mass is 79.9. The van der Waals surface area contributed by atoms with Crippen LogP contribution in [0.5, 0.6) is 5.75 Å². The molecule has 0 atom stereocenters. The molecule has 0 unspecified atom stereocenters. The third-order valence-electron chi connectivity index (χ3n) is 1.42. The monoisotopic (exact) mass is 227 g/mol. The molecular formula is C9H10BrNO. The zero-order chi connectivity index (χ0) is 8.97. The smallest absolute Gasteiger partial charge is 0.122 e.